The molecule has 1 saturated heterocycles. The third-order valence-corrected chi connectivity index (χ3v) is 6.75. The Morgan fingerprint density at radius 2 is 1.56 bits per heavy atom. The Hall–Kier alpha value is -5.11. The van der Waals surface area contributed by atoms with Crippen LogP contribution in [-0.2, 0) is 17.8 Å². The van der Waals surface area contributed by atoms with E-state index in [4.69, 9.17) is 24.6 Å². The van der Waals surface area contributed by atoms with E-state index in [1.165, 1.54) is 0 Å². The van der Waals surface area contributed by atoms with Crippen LogP contribution in [-0.4, -0.2) is 77.1 Å². The minimum Gasteiger partial charge on any atom is -0.508 e. The molecule has 3 aromatic carbocycles. The molecule has 0 saturated carbocycles. The summed E-state index contributed by atoms with van der Waals surface area (Å²) >= 11 is 0. The zero-order valence-corrected chi connectivity index (χ0v) is 24.5. The average Bonchev–Trinajstić information content (AvgIpc) is 3.05. The van der Waals surface area contributed by atoms with Crippen molar-refractivity contribution in [2.24, 2.45) is 0 Å². The first-order valence-corrected chi connectivity index (χ1v) is 14.1. The van der Waals surface area contributed by atoms with Gasteiger partial charge in [0, 0.05) is 39.3 Å². The SMILES string of the molecule is COc1ccc(-c2ccccc2CNc2nc(NCCc3ccc(O)cc3)nc(N3CCNCC3)n2)cc1.O=C(O)C(F)(F)F. The summed E-state index contributed by atoms with van der Waals surface area (Å²) in [5.74, 6) is 0.0834. The Morgan fingerprint density at radius 1 is 0.933 bits per heavy atom. The van der Waals surface area contributed by atoms with Gasteiger partial charge in [-0.2, -0.15) is 28.1 Å². The predicted molar refractivity (Wildman–Crippen MR) is 165 cm³/mol. The van der Waals surface area contributed by atoms with Crippen molar-refractivity contribution in [1.29, 1.82) is 0 Å². The van der Waals surface area contributed by atoms with Crippen molar-refractivity contribution in [1.82, 2.24) is 20.3 Å². The minimum absolute atomic E-state index is 0.268. The Balaban J connectivity index is 0.000000591. The number of alkyl halides is 3. The summed E-state index contributed by atoms with van der Waals surface area (Å²) in [5, 5.41) is 26.8. The Morgan fingerprint density at radius 3 is 2.18 bits per heavy atom. The number of methoxy groups -OCH3 is 1. The van der Waals surface area contributed by atoms with E-state index in [0.717, 1.165) is 60.6 Å². The fourth-order valence-electron chi connectivity index (χ4n) is 4.41. The van der Waals surface area contributed by atoms with Crippen LogP contribution in [0, 0.1) is 0 Å². The van der Waals surface area contributed by atoms with Crippen molar-refractivity contribution in [2.45, 2.75) is 19.1 Å². The average molecular weight is 626 g/mol. The van der Waals surface area contributed by atoms with Crippen LogP contribution in [0.2, 0.25) is 0 Å². The molecule has 0 amide bonds. The molecule has 0 bridgehead atoms. The van der Waals surface area contributed by atoms with E-state index in [9.17, 15) is 18.3 Å². The van der Waals surface area contributed by atoms with Crippen LogP contribution in [0.15, 0.2) is 72.8 Å². The number of nitrogens with zero attached hydrogens (tertiary/aromatic N) is 4. The summed E-state index contributed by atoms with van der Waals surface area (Å²) in [4.78, 5) is 25.2. The molecule has 5 rings (SSSR count). The molecule has 2 heterocycles. The molecule has 45 heavy (non-hydrogen) atoms. The second-order valence-corrected chi connectivity index (χ2v) is 9.91. The molecule has 0 spiro atoms. The van der Waals surface area contributed by atoms with Crippen LogP contribution in [0.25, 0.3) is 11.1 Å². The predicted octanol–water partition coefficient (Wildman–Crippen LogP) is 4.56. The number of hydrogen-bond acceptors (Lipinski definition) is 10. The van der Waals surface area contributed by atoms with Gasteiger partial charge in [-0.25, -0.2) is 4.79 Å². The quantitative estimate of drug-likeness (QED) is 0.169. The lowest BCUT2D eigenvalue weighted by molar-refractivity contribution is -0.192. The molecule has 4 aromatic rings. The minimum atomic E-state index is -5.08. The maximum Gasteiger partial charge on any atom is 0.490 e. The molecule has 11 nitrogen and oxygen atoms in total. The molecular weight excluding hydrogens is 591 g/mol. The Labute approximate surface area is 258 Å². The molecular formula is C31H34F3N7O4. The van der Waals surface area contributed by atoms with Crippen LogP contribution in [0.1, 0.15) is 11.1 Å². The van der Waals surface area contributed by atoms with Crippen molar-refractivity contribution in [3.05, 3.63) is 83.9 Å². The second kappa shape index (κ2) is 15.6. The van der Waals surface area contributed by atoms with E-state index in [1.54, 1.807) is 19.2 Å². The third-order valence-electron chi connectivity index (χ3n) is 6.75. The van der Waals surface area contributed by atoms with E-state index in [1.807, 2.05) is 36.4 Å². The fourth-order valence-corrected chi connectivity index (χ4v) is 4.41. The van der Waals surface area contributed by atoms with Gasteiger partial charge in [0.1, 0.15) is 11.5 Å². The van der Waals surface area contributed by atoms with Crippen molar-refractivity contribution < 1.29 is 32.9 Å². The lowest BCUT2D eigenvalue weighted by atomic mass is 9.99. The highest BCUT2D eigenvalue weighted by molar-refractivity contribution is 5.73. The smallest absolute Gasteiger partial charge is 0.490 e. The van der Waals surface area contributed by atoms with Gasteiger partial charge in [0.25, 0.3) is 0 Å². The van der Waals surface area contributed by atoms with Crippen molar-refractivity contribution in [3.63, 3.8) is 0 Å². The number of aromatic nitrogens is 3. The van der Waals surface area contributed by atoms with Crippen LogP contribution in [0.3, 0.4) is 0 Å². The summed E-state index contributed by atoms with van der Waals surface area (Å²) in [6.07, 6.45) is -4.30. The monoisotopic (exact) mass is 625 g/mol. The molecule has 1 aromatic heterocycles. The molecule has 1 fully saturated rings. The second-order valence-electron chi connectivity index (χ2n) is 9.91. The van der Waals surface area contributed by atoms with E-state index in [0.29, 0.717) is 30.9 Å². The number of aromatic hydroxyl groups is 1. The number of benzene rings is 3. The Bertz CT molecular complexity index is 1530. The third kappa shape index (κ3) is 9.96. The molecule has 0 atom stereocenters. The summed E-state index contributed by atoms with van der Waals surface area (Å²) in [7, 11) is 1.67. The molecule has 1 aliphatic heterocycles. The van der Waals surface area contributed by atoms with Crippen molar-refractivity contribution >= 4 is 23.8 Å². The van der Waals surface area contributed by atoms with Crippen molar-refractivity contribution in [2.75, 3.05) is 55.4 Å². The van der Waals surface area contributed by atoms with Crippen LogP contribution < -0.4 is 25.6 Å². The highest BCUT2D eigenvalue weighted by atomic mass is 19.4. The standard InChI is InChI=1S/C29H33N7O2.C2HF3O2/c1-38-25-12-8-22(9-13-25)26-5-3-2-4-23(26)20-32-28-33-27(31-15-14-21-6-10-24(37)11-7-21)34-29(35-28)36-18-16-30-17-19-36;3-2(4,5)1(6)7/h2-13,30,37H,14-20H2,1H3,(H2,31,32,33,34,35);(H,6,7). The summed E-state index contributed by atoms with van der Waals surface area (Å²) < 4.78 is 37.0. The van der Waals surface area contributed by atoms with Gasteiger partial charge >= 0.3 is 12.1 Å². The van der Waals surface area contributed by atoms with Gasteiger partial charge in [0.2, 0.25) is 17.8 Å². The van der Waals surface area contributed by atoms with Crippen LogP contribution in [0.4, 0.5) is 31.0 Å². The number of halogens is 3. The van der Waals surface area contributed by atoms with Gasteiger partial charge in [-0.15, -0.1) is 0 Å². The van der Waals surface area contributed by atoms with Gasteiger partial charge in [-0.3, -0.25) is 0 Å². The van der Waals surface area contributed by atoms with E-state index < -0.39 is 12.1 Å². The molecule has 0 radical (unpaired) electrons. The summed E-state index contributed by atoms with van der Waals surface area (Å²) in [5.41, 5.74) is 4.53. The van der Waals surface area contributed by atoms with E-state index >= 15 is 0 Å². The summed E-state index contributed by atoms with van der Waals surface area (Å²) in [6.45, 7) is 4.71. The number of anilines is 3. The van der Waals surface area contributed by atoms with Gasteiger partial charge in [0.05, 0.1) is 7.11 Å². The number of piperazine rings is 1. The molecule has 0 aliphatic carbocycles. The van der Waals surface area contributed by atoms with E-state index in [2.05, 4.69) is 50.1 Å². The lowest BCUT2D eigenvalue weighted by Gasteiger charge is -2.27. The zero-order valence-electron chi connectivity index (χ0n) is 24.5. The summed E-state index contributed by atoms with van der Waals surface area (Å²) in [6, 6.07) is 23.6. The van der Waals surface area contributed by atoms with Crippen LogP contribution in [0.5, 0.6) is 11.5 Å². The number of hydrogen-bond donors (Lipinski definition) is 5. The molecule has 14 heteroatoms. The lowest BCUT2D eigenvalue weighted by Crippen LogP contribution is -2.44. The highest BCUT2D eigenvalue weighted by Crippen LogP contribution is 2.26. The number of carbonyl (C=O) groups is 1. The molecule has 238 valence electrons. The number of carboxylic acid groups (broad SMARTS) is 1. The van der Waals surface area contributed by atoms with Gasteiger partial charge < -0.3 is 35.8 Å². The fraction of sp³-hybridized carbons (Fsp3) is 0.290. The number of aliphatic carboxylic acids is 1. The first-order valence-electron chi connectivity index (χ1n) is 14.1. The highest BCUT2D eigenvalue weighted by Gasteiger charge is 2.38. The number of ether oxygens (including phenoxy) is 1. The van der Waals surface area contributed by atoms with Gasteiger partial charge in [-0.1, -0.05) is 48.5 Å². The number of rotatable bonds is 10. The first kappa shape index (κ1) is 32.8. The maximum atomic E-state index is 10.6. The molecule has 5 N–H and O–H groups in total. The molecule has 0 unspecified atom stereocenters. The number of carboxylic acids is 1. The number of phenolic OH excluding ortho intramolecular Hbond substituents is 1. The Kier molecular flexibility index (Phi) is 11.3. The van der Waals surface area contributed by atoms with Gasteiger partial charge in [0.15, 0.2) is 0 Å². The topological polar surface area (TPSA) is 145 Å². The van der Waals surface area contributed by atoms with Gasteiger partial charge in [-0.05, 0) is 52.9 Å². The largest absolute Gasteiger partial charge is 0.508 e. The molecule has 1 aliphatic rings. The zero-order chi connectivity index (χ0) is 32.2. The maximum absolute atomic E-state index is 10.6. The van der Waals surface area contributed by atoms with Crippen LogP contribution >= 0.6 is 0 Å². The first-order chi connectivity index (χ1) is 21.6. The van der Waals surface area contributed by atoms with E-state index in [-0.39, 0.29) is 5.75 Å². The number of phenols is 1. The van der Waals surface area contributed by atoms with Crippen molar-refractivity contribution in [3.8, 4) is 22.6 Å². The number of nitrogens with one attached hydrogen (secondary N) is 3. The normalized spacial score (nSPS) is 12.9.